The summed E-state index contributed by atoms with van der Waals surface area (Å²) in [5.41, 5.74) is 0. The van der Waals surface area contributed by atoms with Crippen LogP contribution in [0.15, 0.2) is 0 Å². The zero-order chi connectivity index (χ0) is 11.8. The van der Waals surface area contributed by atoms with Crippen LogP contribution in [-0.2, 0) is 14.3 Å². The molecule has 1 saturated heterocycles. The summed E-state index contributed by atoms with van der Waals surface area (Å²) < 4.78 is 10.8. The number of hydrogen-bond donors (Lipinski definition) is 1. The van der Waals surface area contributed by atoms with Crippen LogP contribution in [-0.4, -0.2) is 62.9 Å². The molecule has 1 rings (SSSR count). The molecule has 0 saturated carbocycles. The molecular formula is C11H22N2O3. The van der Waals surface area contributed by atoms with Gasteiger partial charge in [-0.3, -0.25) is 4.79 Å². The van der Waals surface area contributed by atoms with Gasteiger partial charge >= 0.3 is 0 Å². The minimum absolute atomic E-state index is 0.0498. The Labute approximate surface area is 97.1 Å². The van der Waals surface area contributed by atoms with E-state index >= 15 is 0 Å². The van der Waals surface area contributed by atoms with Gasteiger partial charge in [0, 0.05) is 26.2 Å². The number of hydrogen-bond acceptors (Lipinski definition) is 4. The Kier molecular flexibility index (Phi) is 6.37. The largest absolute Gasteiger partial charge is 0.373 e. The quantitative estimate of drug-likeness (QED) is 0.690. The maximum absolute atomic E-state index is 11.6. The molecule has 0 aromatic carbocycles. The van der Waals surface area contributed by atoms with Gasteiger partial charge in [-0.2, -0.15) is 0 Å². The topological polar surface area (TPSA) is 50.8 Å². The number of nitrogens with zero attached hydrogens (tertiary/aromatic N) is 1. The molecule has 1 atom stereocenters. The third-order valence-corrected chi connectivity index (χ3v) is 2.65. The lowest BCUT2D eigenvalue weighted by Gasteiger charge is -2.24. The van der Waals surface area contributed by atoms with Gasteiger partial charge in [0.25, 0.3) is 0 Å². The molecule has 1 heterocycles. The lowest BCUT2D eigenvalue weighted by atomic mass is 10.3. The first kappa shape index (κ1) is 13.4. The molecule has 0 radical (unpaired) electrons. The van der Waals surface area contributed by atoms with Gasteiger partial charge in [-0.1, -0.05) is 0 Å². The fourth-order valence-corrected chi connectivity index (χ4v) is 1.67. The van der Waals surface area contributed by atoms with Crippen molar-refractivity contribution in [3.63, 3.8) is 0 Å². The van der Waals surface area contributed by atoms with E-state index < -0.39 is 0 Å². The monoisotopic (exact) mass is 230 g/mol. The number of morpholine rings is 1. The van der Waals surface area contributed by atoms with Crippen LogP contribution in [0, 0.1) is 0 Å². The number of nitrogens with one attached hydrogen (secondary N) is 1. The first-order valence-electron chi connectivity index (χ1n) is 5.95. The number of ether oxygens (including phenoxy) is 2. The highest BCUT2D eigenvalue weighted by Crippen LogP contribution is 1.97. The summed E-state index contributed by atoms with van der Waals surface area (Å²) in [6.07, 6.45) is 0.0817. The molecule has 1 aliphatic rings. The van der Waals surface area contributed by atoms with E-state index in [0.717, 1.165) is 32.8 Å². The maximum atomic E-state index is 11.6. The predicted molar refractivity (Wildman–Crippen MR) is 61.4 cm³/mol. The lowest BCUT2D eigenvalue weighted by molar-refractivity contribution is -0.137. The van der Waals surface area contributed by atoms with Crippen molar-refractivity contribution in [3.8, 4) is 0 Å². The highest BCUT2D eigenvalue weighted by Gasteiger charge is 2.15. The SMILES string of the molecule is CCN(CC)C(=O)COCC1CNCCO1. The van der Waals surface area contributed by atoms with Gasteiger partial charge in [0.15, 0.2) is 0 Å². The van der Waals surface area contributed by atoms with Crippen molar-refractivity contribution in [1.29, 1.82) is 0 Å². The smallest absolute Gasteiger partial charge is 0.248 e. The molecule has 5 heteroatoms. The first-order valence-corrected chi connectivity index (χ1v) is 5.95. The third-order valence-electron chi connectivity index (χ3n) is 2.65. The van der Waals surface area contributed by atoms with Crippen molar-refractivity contribution in [2.24, 2.45) is 0 Å². The molecule has 1 N–H and O–H groups in total. The molecule has 94 valence electrons. The number of likely N-dealkylation sites (N-methyl/N-ethyl adjacent to an activating group) is 1. The number of rotatable bonds is 6. The fraction of sp³-hybridized carbons (Fsp3) is 0.909. The second kappa shape index (κ2) is 7.60. The molecule has 1 amide bonds. The van der Waals surface area contributed by atoms with Crippen molar-refractivity contribution < 1.29 is 14.3 Å². The average Bonchev–Trinajstić information content (AvgIpc) is 2.32. The standard InChI is InChI=1S/C11H22N2O3/c1-3-13(4-2)11(14)9-15-8-10-7-12-5-6-16-10/h10,12H,3-9H2,1-2H3. The van der Waals surface area contributed by atoms with E-state index in [0.29, 0.717) is 6.61 Å². The van der Waals surface area contributed by atoms with Gasteiger partial charge in [0.2, 0.25) is 5.91 Å². The minimum Gasteiger partial charge on any atom is -0.373 e. The van der Waals surface area contributed by atoms with E-state index in [9.17, 15) is 4.79 Å². The summed E-state index contributed by atoms with van der Waals surface area (Å²) in [7, 11) is 0. The molecule has 1 unspecified atom stereocenters. The Hall–Kier alpha value is -0.650. The van der Waals surface area contributed by atoms with E-state index in [-0.39, 0.29) is 18.6 Å². The van der Waals surface area contributed by atoms with E-state index in [2.05, 4.69) is 5.32 Å². The Balaban J connectivity index is 2.11. The molecule has 0 spiro atoms. The number of carbonyl (C=O) groups excluding carboxylic acids is 1. The van der Waals surface area contributed by atoms with Crippen LogP contribution in [0.3, 0.4) is 0 Å². The Bertz CT molecular complexity index is 201. The van der Waals surface area contributed by atoms with Gasteiger partial charge < -0.3 is 19.7 Å². The summed E-state index contributed by atoms with van der Waals surface area (Å²) in [4.78, 5) is 13.4. The highest BCUT2D eigenvalue weighted by atomic mass is 16.5. The van der Waals surface area contributed by atoms with Crippen LogP contribution in [0.2, 0.25) is 0 Å². The summed E-state index contributed by atoms with van der Waals surface area (Å²) in [6.45, 7) is 8.47. The molecule has 1 fully saturated rings. The molecule has 0 aromatic rings. The van der Waals surface area contributed by atoms with E-state index in [1.807, 2.05) is 13.8 Å². The second-order valence-electron chi connectivity index (χ2n) is 3.78. The molecule has 1 aliphatic heterocycles. The molecule has 0 aliphatic carbocycles. The highest BCUT2D eigenvalue weighted by molar-refractivity contribution is 5.77. The average molecular weight is 230 g/mol. The Morgan fingerprint density at radius 1 is 1.50 bits per heavy atom. The Morgan fingerprint density at radius 2 is 2.25 bits per heavy atom. The van der Waals surface area contributed by atoms with Crippen molar-refractivity contribution in [1.82, 2.24) is 10.2 Å². The zero-order valence-corrected chi connectivity index (χ0v) is 10.2. The molecular weight excluding hydrogens is 208 g/mol. The summed E-state index contributed by atoms with van der Waals surface area (Å²) in [5, 5.41) is 3.22. The predicted octanol–water partition coefficient (Wildman–Crippen LogP) is -0.140. The van der Waals surface area contributed by atoms with E-state index in [1.54, 1.807) is 4.90 Å². The van der Waals surface area contributed by atoms with Gasteiger partial charge in [0.05, 0.1) is 19.3 Å². The van der Waals surface area contributed by atoms with Gasteiger partial charge in [-0.25, -0.2) is 0 Å². The lowest BCUT2D eigenvalue weighted by Crippen LogP contribution is -2.42. The maximum Gasteiger partial charge on any atom is 0.248 e. The minimum atomic E-state index is 0.0498. The van der Waals surface area contributed by atoms with Crippen molar-refractivity contribution in [2.75, 3.05) is 46.0 Å². The molecule has 0 aromatic heterocycles. The van der Waals surface area contributed by atoms with Gasteiger partial charge in [0.1, 0.15) is 6.61 Å². The van der Waals surface area contributed by atoms with Crippen LogP contribution >= 0.6 is 0 Å². The zero-order valence-electron chi connectivity index (χ0n) is 10.2. The second-order valence-corrected chi connectivity index (χ2v) is 3.78. The van der Waals surface area contributed by atoms with Crippen LogP contribution in [0.5, 0.6) is 0 Å². The molecule has 0 bridgehead atoms. The van der Waals surface area contributed by atoms with Crippen molar-refractivity contribution >= 4 is 5.91 Å². The van der Waals surface area contributed by atoms with Crippen LogP contribution in [0.25, 0.3) is 0 Å². The Morgan fingerprint density at radius 3 is 2.81 bits per heavy atom. The van der Waals surface area contributed by atoms with Crippen LogP contribution in [0.4, 0.5) is 0 Å². The van der Waals surface area contributed by atoms with Gasteiger partial charge in [-0.05, 0) is 13.8 Å². The summed E-state index contributed by atoms with van der Waals surface area (Å²) in [6, 6.07) is 0. The third kappa shape index (κ3) is 4.47. The summed E-state index contributed by atoms with van der Waals surface area (Å²) >= 11 is 0. The van der Waals surface area contributed by atoms with Gasteiger partial charge in [-0.15, -0.1) is 0 Å². The fourth-order valence-electron chi connectivity index (χ4n) is 1.67. The summed E-state index contributed by atoms with van der Waals surface area (Å²) in [5.74, 6) is 0.0498. The van der Waals surface area contributed by atoms with Crippen molar-refractivity contribution in [3.05, 3.63) is 0 Å². The molecule has 5 nitrogen and oxygen atoms in total. The van der Waals surface area contributed by atoms with E-state index in [4.69, 9.17) is 9.47 Å². The van der Waals surface area contributed by atoms with Crippen LogP contribution < -0.4 is 5.32 Å². The van der Waals surface area contributed by atoms with E-state index in [1.165, 1.54) is 0 Å². The van der Waals surface area contributed by atoms with Crippen molar-refractivity contribution in [2.45, 2.75) is 20.0 Å². The molecule has 16 heavy (non-hydrogen) atoms. The number of carbonyl (C=O) groups is 1. The normalized spacial score (nSPS) is 20.8. The first-order chi connectivity index (χ1) is 7.77. The number of amides is 1. The van der Waals surface area contributed by atoms with Crippen LogP contribution in [0.1, 0.15) is 13.8 Å².